The Labute approximate surface area is 85.9 Å². The lowest BCUT2D eigenvalue weighted by atomic mass is 10.1. The molecule has 6 nitrogen and oxygen atoms in total. The van der Waals surface area contributed by atoms with Crippen molar-refractivity contribution >= 4 is 13.3 Å². The van der Waals surface area contributed by atoms with Gasteiger partial charge in [0.15, 0.2) is 0 Å². The summed E-state index contributed by atoms with van der Waals surface area (Å²) >= 11 is 0. The van der Waals surface area contributed by atoms with Crippen LogP contribution in [0.1, 0.15) is 10.4 Å². The molecule has 1 aromatic carbocycles. The van der Waals surface area contributed by atoms with E-state index in [2.05, 4.69) is 4.65 Å². The van der Waals surface area contributed by atoms with E-state index < -0.39 is 13.3 Å². The van der Waals surface area contributed by atoms with Crippen molar-refractivity contribution in [1.29, 1.82) is 0 Å². The summed E-state index contributed by atoms with van der Waals surface area (Å²) in [6.45, 7) is 0. The quantitative estimate of drug-likeness (QED) is 0.595. The van der Waals surface area contributed by atoms with Crippen molar-refractivity contribution in [3.63, 3.8) is 0 Å². The van der Waals surface area contributed by atoms with Gasteiger partial charge in [-0.3, -0.25) is 0 Å². The summed E-state index contributed by atoms with van der Waals surface area (Å²) in [6.07, 6.45) is 0. The second-order valence-corrected chi connectivity index (χ2v) is 2.61. The third kappa shape index (κ3) is 2.86. The summed E-state index contributed by atoms with van der Waals surface area (Å²) in [5.74, 6) is -0.991. The maximum Gasteiger partial charge on any atom is 0.707 e. The smallest absolute Gasteiger partial charge is 0.512 e. The molecular formula is C8H9BO6. The zero-order chi connectivity index (χ0) is 11.4. The maximum atomic E-state index is 10.8. The van der Waals surface area contributed by atoms with Crippen molar-refractivity contribution in [1.82, 2.24) is 0 Å². The second-order valence-electron chi connectivity index (χ2n) is 2.61. The highest BCUT2D eigenvalue weighted by Crippen LogP contribution is 2.23. The van der Waals surface area contributed by atoms with Crippen LogP contribution in [0, 0.1) is 0 Å². The van der Waals surface area contributed by atoms with Crippen LogP contribution >= 0.6 is 0 Å². The van der Waals surface area contributed by atoms with Crippen molar-refractivity contribution in [2.24, 2.45) is 0 Å². The predicted molar refractivity (Wildman–Crippen MR) is 50.8 cm³/mol. The Morgan fingerprint density at radius 2 is 2.07 bits per heavy atom. The number of aromatic carboxylic acids is 1. The number of hydrogen-bond acceptors (Lipinski definition) is 5. The number of methoxy groups -OCH3 is 1. The molecule has 7 heteroatoms. The number of ether oxygens (including phenoxy) is 1. The summed E-state index contributed by atoms with van der Waals surface area (Å²) in [7, 11) is -0.650. The predicted octanol–water partition coefficient (Wildman–Crippen LogP) is -0.258. The third-order valence-electron chi connectivity index (χ3n) is 1.64. The molecule has 1 aromatic rings. The van der Waals surface area contributed by atoms with Gasteiger partial charge in [0.25, 0.3) is 0 Å². The fraction of sp³-hybridized carbons (Fsp3) is 0.125. The summed E-state index contributed by atoms with van der Waals surface area (Å²) in [6, 6.07) is 3.87. The Morgan fingerprint density at radius 1 is 1.40 bits per heavy atom. The van der Waals surface area contributed by atoms with Crippen LogP contribution in [-0.4, -0.2) is 35.6 Å². The Hall–Kier alpha value is -1.73. The molecule has 80 valence electrons. The van der Waals surface area contributed by atoms with E-state index in [4.69, 9.17) is 19.9 Å². The largest absolute Gasteiger partial charge is 0.707 e. The van der Waals surface area contributed by atoms with Gasteiger partial charge < -0.3 is 24.5 Å². The van der Waals surface area contributed by atoms with Crippen LogP contribution in [0.5, 0.6) is 11.5 Å². The zero-order valence-corrected chi connectivity index (χ0v) is 7.88. The Kier molecular flexibility index (Phi) is 3.54. The minimum absolute atomic E-state index is 0.0307. The van der Waals surface area contributed by atoms with Crippen LogP contribution in [0.3, 0.4) is 0 Å². The van der Waals surface area contributed by atoms with Crippen molar-refractivity contribution in [3.8, 4) is 11.5 Å². The van der Waals surface area contributed by atoms with E-state index in [0.29, 0.717) is 0 Å². The molecule has 1 rings (SSSR count). The lowest BCUT2D eigenvalue weighted by molar-refractivity contribution is 0.0692. The van der Waals surface area contributed by atoms with Gasteiger partial charge in [-0.15, -0.1) is 0 Å². The third-order valence-corrected chi connectivity index (χ3v) is 1.64. The Morgan fingerprint density at radius 3 is 2.53 bits per heavy atom. The molecule has 15 heavy (non-hydrogen) atoms. The van der Waals surface area contributed by atoms with Gasteiger partial charge in [-0.25, -0.2) is 4.79 Å². The van der Waals surface area contributed by atoms with E-state index >= 15 is 0 Å². The van der Waals surface area contributed by atoms with Gasteiger partial charge in [-0.2, -0.15) is 0 Å². The number of hydrogen-bond donors (Lipinski definition) is 3. The van der Waals surface area contributed by atoms with Crippen molar-refractivity contribution in [2.45, 2.75) is 0 Å². The minimum atomic E-state index is -1.99. The van der Waals surface area contributed by atoms with Gasteiger partial charge in [0.2, 0.25) is 0 Å². The lowest BCUT2D eigenvalue weighted by Gasteiger charge is -2.08. The molecule has 0 heterocycles. The van der Waals surface area contributed by atoms with Crippen molar-refractivity contribution in [3.05, 3.63) is 23.8 Å². The second kappa shape index (κ2) is 4.67. The first kappa shape index (κ1) is 11.4. The van der Waals surface area contributed by atoms with Crippen LogP contribution in [0.25, 0.3) is 0 Å². The number of carboxylic acids is 1. The summed E-state index contributed by atoms with van der Waals surface area (Å²) in [5, 5.41) is 25.8. The van der Waals surface area contributed by atoms with Crippen LogP contribution < -0.4 is 9.39 Å². The monoisotopic (exact) mass is 212 g/mol. The van der Waals surface area contributed by atoms with Gasteiger partial charge >= 0.3 is 13.3 Å². The molecule has 0 atom stereocenters. The molecule has 0 radical (unpaired) electrons. The lowest BCUT2D eigenvalue weighted by Crippen LogP contribution is -2.20. The van der Waals surface area contributed by atoms with E-state index in [1.165, 1.54) is 19.2 Å². The molecular weight excluding hydrogens is 203 g/mol. The standard InChI is InChI=1S/C8H9BO6/c1-14-7-3-2-5(15-9(12)13)4-6(7)8(10)11/h2-4,12-13H,1H3,(H,10,11). The van der Waals surface area contributed by atoms with E-state index in [-0.39, 0.29) is 17.1 Å². The molecule has 0 saturated carbocycles. The minimum Gasteiger partial charge on any atom is -0.512 e. The first-order valence-electron chi connectivity index (χ1n) is 3.98. The summed E-state index contributed by atoms with van der Waals surface area (Å²) in [4.78, 5) is 10.8. The molecule has 0 unspecified atom stereocenters. The molecule has 3 N–H and O–H groups in total. The maximum absolute atomic E-state index is 10.8. The molecule has 0 aliphatic rings. The highest BCUT2D eigenvalue weighted by molar-refractivity contribution is 6.33. The van der Waals surface area contributed by atoms with Gasteiger partial charge in [0.05, 0.1) is 7.11 Å². The highest BCUT2D eigenvalue weighted by Gasteiger charge is 2.16. The van der Waals surface area contributed by atoms with Gasteiger partial charge in [0.1, 0.15) is 17.1 Å². The molecule has 0 saturated heterocycles. The first-order chi connectivity index (χ1) is 7.04. The molecule has 0 fully saturated rings. The number of carboxylic acid groups (broad SMARTS) is 1. The van der Waals surface area contributed by atoms with Crippen molar-refractivity contribution in [2.75, 3.05) is 7.11 Å². The average Bonchev–Trinajstić information content (AvgIpc) is 2.16. The van der Waals surface area contributed by atoms with E-state index in [0.717, 1.165) is 6.07 Å². The normalized spacial score (nSPS) is 9.53. The SMILES string of the molecule is COc1ccc(OB(O)O)cc1C(=O)O. The number of rotatable bonds is 4. The summed E-state index contributed by atoms with van der Waals surface area (Å²) in [5.41, 5.74) is -0.115. The summed E-state index contributed by atoms with van der Waals surface area (Å²) < 4.78 is 9.30. The average molecular weight is 212 g/mol. The fourth-order valence-corrected chi connectivity index (χ4v) is 1.05. The first-order valence-corrected chi connectivity index (χ1v) is 3.98. The topological polar surface area (TPSA) is 96.2 Å². The van der Waals surface area contributed by atoms with Crippen molar-refractivity contribution < 1.29 is 29.3 Å². The van der Waals surface area contributed by atoms with Crippen LogP contribution in [0.15, 0.2) is 18.2 Å². The molecule has 0 aliphatic carbocycles. The number of carbonyl (C=O) groups is 1. The van der Waals surface area contributed by atoms with Gasteiger partial charge in [-0.05, 0) is 18.2 Å². The highest BCUT2D eigenvalue weighted by atomic mass is 16.6. The van der Waals surface area contributed by atoms with Crippen LogP contribution in [0.2, 0.25) is 0 Å². The van der Waals surface area contributed by atoms with Gasteiger partial charge in [0, 0.05) is 0 Å². The van der Waals surface area contributed by atoms with Crippen LogP contribution in [-0.2, 0) is 0 Å². The molecule has 0 spiro atoms. The van der Waals surface area contributed by atoms with E-state index in [1.807, 2.05) is 0 Å². The van der Waals surface area contributed by atoms with Crippen LogP contribution in [0.4, 0.5) is 0 Å². The van der Waals surface area contributed by atoms with E-state index in [9.17, 15) is 4.79 Å². The molecule has 0 aliphatic heterocycles. The zero-order valence-electron chi connectivity index (χ0n) is 7.88. The fourth-order valence-electron chi connectivity index (χ4n) is 1.05. The van der Waals surface area contributed by atoms with Gasteiger partial charge in [-0.1, -0.05) is 0 Å². The molecule has 0 bridgehead atoms. The van der Waals surface area contributed by atoms with E-state index in [1.54, 1.807) is 0 Å². The molecule has 0 aromatic heterocycles. The Balaban J connectivity index is 3.05. The number of benzene rings is 1. The Bertz CT molecular complexity index is 364. The molecule has 0 amide bonds.